The maximum absolute atomic E-state index is 6.04. The van der Waals surface area contributed by atoms with E-state index >= 15 is 0 Å². The number of rotatable bonds is 6. The van der Waals surface area contributed by atoms with Crippen molar-refractivity contribution in [1.82, 2.24) is 9.88 Å². The van der Waals surface area contributed by atoms with Crippen LogP contribution < -0.4 is 5.73 Å². The average Bonchev–Trinajstić information content (AvgIpc) is 2.48. The summed E-state index contributed by atoms with van der Waals surface area (Å²) in [4.78, 5) is 6.55. The summed E-state index contributed by atoms with van der Waals surface area (Å²) in [6.07, 6.45) is 5.87. The molecule has 0 unspecified atom stereocenters. The fourth-order valence-electron chi connectivity index (χ4n) is 2.73. The molecule has 0 aromatic carbocycles. The van der Waals surface area contributed by atoms with Gasteiger partial charge in [-0.2, -0.15) is 0 Å². The highest BCUT2D eigenvalue weighted by Crippen LogP contribution is 2.30. The summed E-state index contributed by atoms with van der Waals surface area (Å²) >= 11 is 0. The highest BCUT2D eigenvalue weighted by molar-refractivity contribution is 5.09. The van der Waals surface area contributed by atoms with E-state index in [4.69, 9.17) is 10.5 Å². The Morgan fingerprint density at radius 1 is 1.32 bits per heavy atom. The molecular weight excluding hydrogens is 238 g/mol. The average molecular weight is 263 g/mol. The zero-order chi connectivity index (χ0) is 13.6. The number of nitrogens with zero attached hydrogens (tertiary/aromatic N) is 2. The number of hydrogen-bond acceptors (Lipinski definition) is 4. The third-order valence-electron chi connectivity index (χ3n) is 4.15. The van der Waals surface area contributed by atoms with Gasteiger partial charge in [0.05, 0.1) is 0 Å². The van der Waals surface area contributed by atoms with Crippen molar-refractivity contribution in [3.8, 4) is 0 Å². The lowest BCUT2D eigenvalue weighted by atomic mass is 9.79. The number of pyridine rings is 1. The van der Waals surface area contributed by atoms with Gasteiger partial charge in [0.2, 0.25) is 0 Å². The van der Waals surface area contributed by atoms with E-state index in [0.717, 1.165) is 52.2 Å². The second-order valence-electron chi connectivity index (χ2n) is 5.48. The van der Waals surface area contributed by atoms with Crippen molar-refractivity contribution >= 4 is 0 Å². The lowest BCUT2D eigenvalue weighted by Gasteiger charge is -2.40. The van der Waals surface area contributed by atoms with Gasteiger partial charge in [-0.15, -0.1) is 0 Å². The smallest absolute Gasteiger partial charge is 0.0472 e. The monoisotopic (exact) mass is 263 g/mol. The van der Waals surface area contributed by atoms with E-state index in [0.29, 0.717) is 0 Å². The second kappa shape index (κ2) is 6.98. The van der Waals surface area contributed by atoms with Crippen LogP contribution in [0.25, 0.3) is 0 Å². The van der Waals surface area contributed by atoms with Gasteiger partial charge < -0.3 is 10.5 Å². The first-order valence-corrected chi connectivity index (χ1v) is 7.17. The molecule has 2 rings (SSSR count). The molecule has 0 bridgehead atoms. The molecule has 1 aliphatic rings. The predicted octanol–water partition coefficient (Wildman–Crippen LogP) is 1.66. The predicted molar refractivity (Wildman–Crippen MR) is 76.7 cm³/mol. The van der Waals surface area contributed by atoms with Crippen LogP contribution in [0.3, 0.4) is 0 Å². The van der Waals surface area contributed by atoms with Gasteiger partial charge in [0.25, 0.3) is 0 Å². The third kappa shape index (κ3) is 4.00. The minimum atomic E-state index is 0.237. The van der Waals surface area contributed by atoms with Crippen LogP contribution in [0.5, 0.6) is 0 Å². The molecule has 2 heterocycles. The molecule has 0 radical (unpaired) electrons. The van der Waals surface area contributed by atoms with Crippen LogP contribution in [-0.4, -0.2) is 42.7 Å². The van der Waals surface area contributed by atoms with Gasteiger partial charge in [-0.25, -0.2) is 0 Å². The zero-order valence-electron chi connectivity index (χ0n) is 11.8. The number of hydrogen-bond donors (Lipinski definition) is 1. The van der Waals surface area contributed by atoms with Crippen LogP contribution in [0.1, 0.15) is 25.3 Å². The molecule has 4 nitrogen and oxygen atoms in total. The molecular formula is C15H25N3O. The summed E-state index contributed by atoms with van der Waals surface area (Å²) in [6, 6.07) is 4.17. The van der Waals surface area contributed by atoms with Gasteiger partial charge in [-0.05, 0) is 49.0 Å². The molecule has 0 aliphatic carbocycles. The van der Waals surface area contributed by atoms with E-state index in [-0.39, 0.29) is 5.41 Å². The molecule has 1 aromatic heterocycles. The lowest BCUT2D eigenvalue weighted by molar-refractivity contribution is -0.000668. The molecule has 0 saturated carbocycles. The molecule has 4 heteroatoms. The zero-order valence-corrected chi connectivity index (χ0v) is 11.8. The van der Waals surface area contributed by atoms with E-state index in [1.165, 1.54) is 5.56 Å². The number of ether oxygens (including phenoxy) is 1. The van der Waals surface area contributed by atoms with E-state index in [1.807, 2.05) is 12.4 Å². The molecule has 1 aromatic rings. The van der Waals surface area contributed by atoms with Gasteiger partial charge >= 0.3 is 0 Å². The molecule has 1 saturated heterocycles. The summed E-state index contributed by atoms with van der Waals surface area (Å²) in [5.41, 5.74) is 7.60. The first-order valence-electron chi connectivity index (χ1n) is 7.17. The highest BCUT2D eigenvalue weighted by atomic mass is 16.5. The third-order valence-corrected chi connectivity index (χ3v) is 4.15. The maximum Gasteiger partial charge on any atom is 0.0472 e. The van der Waals surface area contributed by atoms with Gasteiger partial charge in [-0.1, -0.05) is 6.92 Å². The Hall–Kier alpha value is -0.970. The van der Waals surface area contributed by atoms with E-state index in [1.54, 1.807) is 0 Å². The van der Waals surface area contributed by atoms with E-state index in [9.17, 15) is 0 Å². The molecule has 1 aliphatic heterocycles. The first kappa shape index (κ1) is 14.4. The standard InChI is InChI=1S/C15H25N3O/c1-2-18(11-14-3-7-17-8-4-14)13-15(12-16)5-9-19-10-6-15/h3-4,7-8H,2,5-6,9-13,16H2,1H3. The van der Waals surface area contributed by atoms with Crippen molar-refractivity contribution < 1.29 is 4.74 Å². The molecule has 19 heavy (non-hydrogen) atoms. The van der Waals surface area contributed by atoms with Crippen LogP contribution in [0.4, 0.5) is 0 Å². The van der Waals surface area contributed by atoms with Crippen molar-refractivity contribution in [2.45, 2.75) is 26.3 Å². The van der Waals surface area contributed by atoms with Crippen molar-refractivity contribution in [2.75, 3.05) is 32.8 Å². The SMILES string of the molecule is CCN(Cc1ccncc1)CC1(CN)CCOCC1. The Labute approximate surface area is 116 Å². The van der Waals surface area contributed by atoms with Gasteiger partial charge in [0.1, 0.15) is 0 Å². The van der Waals surface area contributed by atoms with Crippen molar-refractivity contribution in [1.29, 1.82) is 0 Å². The van der Waals surface area contributed by atoms with Crippen LogP contribution in [0.2, 0.25) is 0 Å². The molecule has 2 N–H and O–H groups in total. The summed E-state index contributed by atoms with van der Waals surface area (Å²) in [5, 5.41) is 0. The molecule has 0 spiro atoms. The molecule has 0 atom stereocenters. The molecule has 106 valence electrons. The molecule has 1 fully saturated rings. The second-order valence-corrected chi connectivity index (χ2v) is 5.48. The first-order chi connectivity index (χ1) is 9.28. The van der Waals surface area contributed by atoms with E-state index in [2.05, 4.69) is 28.9 Å². The minimum absolute atomic E-state index is 0.237. The summed E-state index contributed by atoms with van der Waals surface area (Å²) in [7, 11) is 0. The fourth-order valence-corrected chi connectivity index (χ4v) is 2.73. The van der Waals surface area contributed by atoms with Gasteiger partial charge in [-0.3, -0.25) is 9.88 Å². The summed E-state index contributed by atoms with van der Waals surface area (Å²) in [5.74, 6) is 0. The van der Waals surface area contributed by atoms with Gasteiger partial charge in [0, 0.05) is 38.7 Å². The highest BCUT2D eigenvalue weighted by Gasteiger charge is 2.32. The Morgan fingerprint density at radius 2 is 2.00 bits per heavy atom. The quantitative estimate of drug-likeness (QED) is 0.848. The molecule has 0 amide bonds. The number of nitrogens with two attached hydrogens (primary N) is 1. The Kier molecular flexibility index (Phi) is 5.31. The Balaban J connectivity index is 1.97. The van der Waals surface area contributed by atoms with Gasteiger partial charge in [0.15, 0.2) is 0 Å². The van der Waals surface area contributed by atoms with Crippen molar-refractivity contribution in [2.24, 2.45) is 11.1 Å². The van der Waals surface area contributed by atoms with Crippen LogP contribution in [0.15, 0.2) is 24.5 Å². The van der Waals surface area contributed by atoms with Crippen molar-refractivity contribution in [3.63, 3.8) is 0 Å². The van der Waals surface area contributed by atoms with Crippen LogP contribution in [-0.2, 0) is 11.3 Å². The van der Waals surface area contributed by atoms with Crippen LogP contribution in [0, 0.1) is 5.41 Å². The topological polar surface area (TPSA) is 51.4 Å². The summed E-state index contributed by atoms with van der Waals surface area (Å²) < 4.78 is 5.48. The summed E-state index contributed by atoms with van der Waals surface area (Å²) in [6.45, 7) is 7.75. The van der Waals surface area contributed by atoms with Crippen LogP contribution >= 0.6 is 0 Å². The lowest BCUT2D eigenvalue weighted by Crippen LogP contribution is -2.45. The Morgan fingerprint density at radius 3 is 2.58 bits per heavy atom. The minimum Gasteiger partial charge on any atom is -0.381 e. The normalized spacial score (nSPS) is 18.7. The fraction of sp³-hybridized carbons (Fsp3) is 0.667. The van der Waals surface area contributed by atoms with E-state index < -0.39 is 0 Å². The number of aromatic nitrogens is 1. The van der Waals surface area contributed by atoms with Crippen molar-refractivity contribution in [3.05, 3.63) is 30.1 Å². The Bertz CT molecular complexity index is 363. The maximum atomic E-state index is 6.04. The largest absolute Gasteiger partial charge is 0.381 e.